The van der Waals surface area contributed by atoms with Crippen molar-refractivity contribution in [1.29, 1.82) is 0 Å². The summed E-state index contributed by atoms with van der Waals surface area (Å²) in [6.07, 6.45) is 5.68. The molecule has 3 aromatic heterocycles. The summed E-state index contributed by atoms with van der Waals surface area (Å²) >= 11 is 0. The largest absolute Gasteiger partial charge is 0.375 e. The summed E-state index contributed by atoms with van der Waals surface area (Å²) in [7, 11) is -1.91. The standard InChI is InChI=1S/C18H18N6O4S/c1-23-9-7-18(26,16(23)25)12-10-20-24(11-12)15-5-3-4-13(21-15)14-6-8-19-17(22-14)29(2,27)28/h3-6,8,10-11,26H,7,9H2,1-2H3/t18-/m1/s1. The van der Waals surface area contributed by atoms with Crippen LogP contribution in [0.5, 0.6) is 0 Å². The van der Waals surface area contributed by atoms with Gasteiger partial charge in [0.15, 0.2) is 11.4 Å². The van der Waals surface area contributed by atoms with Gasteiger partial charge in [-0.2, -0.15) is 5.10 Å². The maximum atomic E-state index is 12.3. The van der Waals surface area contributed by atoms with Crippen molar-refractivity contribution in [2.75, 3.05) is 19.8 Å². The lowest BCUT2D eigenvalue weighted by molar-refractivity contribution is -0.143. The monoisotopic (exact) mass is 414 g/mol. The maximum absolute atomic E-state index is 12.3. The molecule has 0 aliphatic carbocycles. The molecule has 0 radical (unpaired) electrons. The number of rotatable bonds is 4. The number of likely N-dealkylation sites (N-methyl/N-ethyl adjacent to an activating group) is 1. The SMILES string of the molecule is CN1CC[C@@](O)(c2cnn(-c3cccc(-c4ccnc(S(C)(=O)=O)n4)n3)c2)C1=O. The van der Waals surface area contributed by atoms with Crippen LogP contribution in [0, 0.1) is 0 Å². The van der Waals surface area contributed by atoms with Crippen LogP contribution in [0.4, 0.5) is 0 Å². The molecule has 1 fully saturated rings. The van der Waals surface area contributed by atoms with Crippen LogP contribution in [-0.4, -0.2) is 68.9 Å². The van der Waals surface area contributed by atoms with E-state index in [2.05, 4.69) is 20.1 Å². The topological polar surface area (TPSA) is 131 Å². The number of hydrogen-bond acceptors (Lipinski definition) is 8. The Bertz CT molecular complexity index is 1210. The molecule has 1 aliphatic heterocycles. The van der Waals surface area contributed by atoms with E-state index in [0.717, 1.165) is 6.26 Å². The third-order valence-electron chi connectivity index (χ3n) is 4.77. The van der Waals surface area contributed by atoms with E-state index in [9.17, 15) is 18.3 Å². The van der Waals surface area contributed by atoms with Crippen molar-refractivity contribution >= 4 is 15.7 Å². The molecule has 4 heterocycles. The van der Waals surface area contributed by atoms with E-state index < -0.39 is 15.4 Å². The number of aliphatic hydroxyl groups is 1. The highest BCUT2D eigenvalue weighted by molar-refractivity contribution is 7.90. The first-order chi connectivity index (χ1) is 13.7. The van der Waals surface area contributed by atoms with Gasteiger partial charge >= 0.3 is 0 Å². The van der Waals surface area contributed by atoms with E-state index in [0.29, 0.717) is 29.3 Å². The molecule has 10 nitrogen and oxygen atoms in total. The Kier molecular flexibility index (Phi) is 4.43. The van der Waals surface area contributed by atoms with Gasteiger partial charge in [-0.25, -0.2) is 28.1 Å². The molecule has 0 saturated carbocycles. The molecule has 150 valence electrons. The number of pyridine rings is 1. The summed E-state index contributed by atoms with van der Waals surface area (Å²) in [5.41, 5.74) is -0.426. The summed E-state index contributed by atoms with van der Waals surface area (Å²) in [4.78, 5) is 26.1. The predicted molar refractivity (Wildman–Crippen MR) is 102 cm³/mol. The van der Waals surface area contributed by atoms with Gasteiger partial charge in [0.2, 0.25) is 15.0 Å². The number of carbonyl (C=O) groups is 1. The second kappa shape index (κ2) is 6.71. The van der Waals surface area contributed by atoms with E-state index >= 15 is 0 Å². The molecular formula is C18H18N6O4S. The molecule has 1 amide bonds. The lowest BCUT2D eigenvalue weighted by Crippen LogP contribution is -2.35. The number of aromatic nitrogens is 5. The third kappa shape index (κ3) is 3.38. The smallest absolute Gasteiger partial charge is 0.259 e. The highest BCUT2D eigenvalue weighted by atomic mass is 32.2. The van der Waals surface area contributed by atoms with E-state index in [1.165, 1.54) is 22.0 Å². The molecule has 0 bridgehead atoms. The Balaban J connectivity index is 1.69. The normalized spacial score (nSPS) is 19.7. The van der Waals surface area contributed by atoms with Gasteiger partial charge in [0.1, 0.15) is 0 Å². The summed E-state index contributed by atoms with van der Waals surface area (Å²) < 4.78 is 24.8. The zero-order chi connectivity index (χ0) is 20.8. The Morgan fingerprint density at radius 2 is 1.93 bits per heavy atom. The van der Waals surface area contributed by atoms with Crippen molar-refractivity contribution in [3.8, 4) is 17.2 Å². The zero-order valence-corrected chi connectivity index (χ0v) is 16.5. The Morgan fingerprint density at radius 1 is 1.17 bits per heavy atom. The number of carbonyl (C=O) groups excluding carboxylic acids is 1. The van der Waals surface area contributed by atoms with Crippen LogP contribution in [0.2, 0.25) is 0 Å². The quantitative estimate of drug-likeness (QED) is 0.598. The van der Waals surface area contributed by atoms with E-state index in [1.807, 2.05) is 0 Å². The van der Waals surface area contributed by atoms with E-state index in [4.69, 9.17) is 0 Å². The average molecular weight is 414 g/mol. The molecule has 11 heteroatoms. The maximum Gasteiger partial charge on any atom is 0.259 e. The van der Waals surface area contributed by atoms with Gasteiger partial charge in [0.25, 0.3) is 5.91 Å². The third-order valence-corrected chi connectivity index (χ3v) is 5.63. The fraction of sp³-hybridized carbons (Fsp3) is 0.278. The van der Waals surface area contributed by atoms with E-state index in [-0.39, 0.29) is 17.5 Å². The van der Waals surface area contributed by atoms with Gasteiger partial charge in [-0.3, -0.25) is 4.79 Å². The lowest BCUT2D eigenvalue weighted by atomic mass is 9.95. The van der Waals surface area contributed by atoms with Gasteiger partial charge < -0.3 is 10.0 Å². The van der Waals surface area contributed by atoms with Crippen molar-refractivity contribution in [3.63, 3.8) is 0 Å². The molecule has 4 rings (SSSR count). The summed E-state index contributed by atoms with van der Waals surface area (Å²) in [6.45, 7) is 0.463. The highest BCUT2D eigenvalue weighted by Crippen LogP contribution is 2.32. The molecule has 0 unspecified atom stereocenters. The van der Waals surface area contributed by atoms with Crippen LogP contribution in [-0.2, 0) is 20.2 Å². The number of likely N-dealkylation sites (tertiary alicyclic amines) is 1. The van der Waals surface area contributed by atoms with Crippen LogP contribution < -0.4 is 0 Å². The second-order valence-electron chi connectivity index (χ2n) is 6.89. The molecule has 1 atom stereocenters. The molecule has 0 aromatic carbocycles. The Hall–Kier alpha value is -3.18. The van der Waals surface area contributed by atoms with Gasteiger partial charge in [-0.15, -0.1) is 0 Å². The summed E-state index contributed by atoms with van der Waals surface area (Å²) in [5.74, 6) is 0.0590. The van der Waals surface area contributed by atoms with Crippen molar-refractivity contribution in [2.45, 2.75) is 17.2 Å². The minimum absolute atomic E-state index is 0.283. The first kappa shape index (κ1) is 19.2. The van der Waals surface area contributed by atoms with Crippen molar-refractivity contribution in [3.05, 3.63) is 48.4 Å². The molecule has 1 aliphatic rings. The molecule has 1 saturated heterocycles. The number of hydrogen-bond donors (Lipinski definition) is 1. The fourth-order valence-electron chi connectivity index (χ4n) is 3.14. The highest BCUT2D eigenvalue weighted by Gasteiger charge is 2.46. The van der Waals surface area contributed by atoms with Crippen LogP contribution in [0.25, 0.3) is 17.2 Å². The molecule has 1 N–H and O–H groups in total. The first-order valence-corrected chi connectivity index (χ1v) is 10.6. The van der Waals surface area contributed by atoms with Crippen LogP contribution in [0.15, 0.2) is 48.0 Å². The minimum Gasteiger partial charge on any atom is -0.375 e. The fourth-order valence-corrected chi connectivity index (χ4v) is 3.66. The van der Waals surface area contributed by atoms with Crippen molar-refractivity contribution in [1.82, 2.24) is 29.6 Å². The van der Waals surface area contributed by atoms with Gasteiger partial charge in [0.05, 0.1) is 17.6 Å². The van der Waals surface area contributed by atoms with Crippen molar-refractivity contribution in [2.24, 2.45) is 0 Å². The summed E-state index contributed by atoms with van der Waals surface area (Å²) in [5, 5.41) is 14.7. The first-order valence-electron chi connectivity index (χ1n) is 8.72. The van der Waals surface area contributed by atoms with Crippen molar-refractivity contribution < 1.29 is 18.3 Å². The van der Waals surface area contributed by atoms with Gasteiger partial charge in [-0.1, -0.05) is 6.07 Å². The molecule has 0 spiro atoms. The molecular weight excluding hydrogens is 396 g/mol. The predicted octanol–water partition coefficient (Wildman–Crippen LogP) is 0.177. The van der Waals surface area contributed by atoms with E-state index in [1.54, 1.807) is 37.5 Å². The minimum atomic E-state index is -3.55. The Morgan fingerprint density at radius 3 is 2.62 bits per heavy atom. The van der Waals surface area contributed by atoms with Crippen LogP contribution >= 0.6 is 0 Å². The molecule has 29 heavy (non-hydrogen) atoms. The van der Waals surface area contributed by atoms with Gasteiger partial charge in [-0.05, 0) is 18.2 Å². The number of nitrogens with zero attached hydrogens (tertiary/aromatic N) is 6. The van der Waals surface area contributed by atoms with Crippen LogP contribution in [0.3, 0.4) is 0 Å². The lowest BCUT2D eigenvalue weighted by Gasteiger charge is -2.18. The Labute approximate surface area is 166 Å². The molecule has 3 aromatic rings. The average Bonchev–Trinajstić information content (AvgIpc) is 3.30. The number of amides is 1. The second-order valence-corrected chi connectivity index (χ2v) is 8.80. The number of sulfone groups is 1. The van der Waals surface area contributed by atoms with Gasteiger partial charge in [0, 0.05) is 44.2 Å². The zero-order valence-electron chi connectivity index (χ0n) is 15.7. The summed E-state index contributed by atoms with van der Waals surface area (Å²) in [6, 6.07) is 6.67. The van der Waals surface area contributed by atoms with Crippen LogP contribution in [0.1, 0.15) is 12.0 Å².